The summed E-state index contributed by atoms with van der Waals surface area (Å²) in [5, 5.41) is 0. The number of rotatable bonds is 3. The maximum absolute atomic E-state index is 5.42. The van der Waals surface area contributed by atoms with Crippen LogP contribution in [0.1, 0.15) is 12.8 Å². The van der Waals surface area contributed by atoms with Gasteiger partial charge in [0.05, 0.1) is 13.2 Å². The van der Waals surface area contributed by atoms with Gasteiger partial charge in [-0.05, 0) is 46.8 Å². The lowest BCUT2D eigenvalue weighted by Crippen LogP contribution is -2.44. The van der Waals surface area contributed by atoms with Crippen LogP contribution in [0.3, 0.4) is 0 Å². The molecule has 0 amide bonds. The van der Waals surface area contributed by atoms with Gasteiger partial charge in [-0.2, -0.15) is 0 Å². The van der Waals surface area contributed by atoms with E-state index < -0.39 is 0 Å². The Morgan fingerprint density at radius 3 is 2.85 bits per heavy atom. The quantitative estimate of drug-likeness (QED) is 0.845. The van der Waals surface area contributed by atoms with Gasteiger partial charge in [0.2, 0.25) is 0 Å². The third-order valence-electron chi connectivity index (χ3n) is 4.17. The van der Waals surface area contributed by atoms with Crippen molar-refractivity contribution in [2.24, 2.45) is 5.92 Å². The van der Waals surface area contributed by atoms with Crippen molar-refractivity contribution in [1.29, 1.82) is 0 Å². The smallest absolute Gasteiger partial charge is 0.128 e. The summed E-state index contributed by atoms with van der Waals surface area (Å²) in [7, 11) is 0. The number of piperidine rings is 1. The summed E-state index contributed by atoms with van der Waals surface area (Å²) < 4.78 is 6.47. The van der Waals surface area contributed by atoms with E-state index in [1.165, 1.54) is 19.4 Å². The van der Waals surface area contributed by atoms with Crippen LogP contribution >= 0.6 is 15.9 Å². The third kappa shape index (κ3) is 3.71. The molecule has 0 spiro atoms. The summed E-state index contributed by atoms with van der Waals surface area (Å²) in [6.07, 6.45) is 4.50. The van der Waals surface area contributed by atoms with Crippen LogP contribution in [0.5, 0.6) is 0 Å². The van der Waals surface area contributed by atoms with Crippen LogP contribution in [0.2, 0.25) is 0 Å². The molecule has 0 N–H and O–H groups in total. The number of hydrogen-bond donors (Lipinski definition) is 0. The standard InChI is InChI=1S/C15H22BrN3O/c16-14-3-4-15(17-10-14)19-5-1-2-13(12-19)11-18-6-8-20-9-7-18/h3-4,10,13H,1-2,5-9,11-12H2. The highest BCUT2D eigenvalue weighted by Gasteiger charge is 2.23. The number of ether oxygens (including phenoxy) is 1. The van der Waals surface area contributed by atoms with Crippen molar-refractivity contribution in [3.63, 3.8) is 0 Å². The molecule has 5 heteroatoms. The summed E-state index contributed by atoms with van der Waals surface area (Å²) in [6, 6.07) is 4.19. The van der Waals surface area contributed by atoms with Gasteiger partial charge in [-0.25, -0.2) is 4.98 Å². The first-order chi connectivity index (χ1) is 9.81. The van der Waals surface area contributed by atoms with Gasteiger partial charge in [0.25, 0.3) is 0 Å². The first kappa shape index (κ1) is 14.3. The zero-order valence-corrected chi connectivity index (χ0v) is 13.4. The van der Waals surface area contributed by atoms with Crippen molar-refractivity contribution < 1.29 is 4.74 Å². The molecule has 0 saturated carbocycles. The minimum atomic E-state index is 0.757. The zero-order chi connectivity index (χ0) is 13.8. The van der Waals surface area contributed by atoms with Crippen LogP contribution in [0.25, 0.3) is 0 Å². The van der Waals surface area contributed by atoms with E-state index in [0.717, 1.165) is 55.6 Å². The molecular weight excluding hydrogens is 318 g/mol. The molecule has 2 saturated heterocycles. The molecule has 2 aliphatic heterocycles. The Morgan fingerprint density at radius 1 is 1.25 bits per heavy atom. The van der Waals surface area contributed by atoms with Crippen molar-refractivity contribution in [3.05, 3.63) is 22.8 Å². The van der Waals surface area contributed by atoms with Crippen LogP contribution in [-0.2, 0) is 4.74 Å². The predicted molar refractivity (Wildman–Crippen MR) is 84.1 cm³/mol. The fraction of sp³-hybridized carbons (Fsp3) is 0.667. The number of aromatic nitrogens is 1. The minimum absolute atomic E-state index is 0.757. The average molecular weight is 340 g/mol. The number of anilines is 1. The molecule has 1 aromatic rings. The van der Waals surface area contributed by atoms with E-state index in [1.54, 1.807) is 0 Å². The van der Waals surface area contributed by atoms with Crippen LogP contribution in [0.15, 0.2) is 22.8 Å². The molecule has 1 aromatic heterocycles. The van der Waals surface area contributed by atoms with Crippen molar-refractivity contribution in [1.82, 2.24) is 9.88 Å². The molecule has 0 bridgehead atoms. The van der Waals surface area contributed by atoms with Gasteiger partial charge in [0, 0.05) is 43.4 Å². The van der Waals surface area contributed by atoms with E-state index in [9.17, 15) is 0 Å². The Morgan fingerprint density at radius 2 is 2.10 bits per heavy atom. The Kier molecular flexibility index (Phi) is 4.91. The maximum Gasteiger partial charge on any atom is 0.128 e. The zero-order valence-electron chi connectivity index (χ0n) is 11.8. The third-order valence-corrected chi connectivity index (χ3v) is 4.64. The van der Waals surface area contributed by atoms with E-state index in [1.807, 2.05) is 6.20 Å². The van der Waals surface area contributed by atoms with Crippen LogP contribution < -0.4 is 4.90 Å². The molecule has 3 heterocycles. The molecule has 2 fully saturated rings. The molecule has 0 radical (unpaired) electrons. The van der Waals surface area contributed by atoms with Gasteiger partial charge >= 0.3 is 0 Å². The molecule has 3 rings (SSSR count). The summed E-state index contributed by atoms with van der Waals surface area (Å²) in [5.41, 5.74) is 0. The summed E-state index contributed by atoms with van der Waals surface area (Å²) in [4.78, 5) is 9.51. The summed E-state index contributed by atoms with van der Waals surface area (Å²) >= 11 is 3.45. The SMILES string of the molecule is Brc1ccc(N2CCCC(CN3CCOCC3)C2)nc1. The normalized spacial score (nSPS) is 24.9. The van der Waals surface area contributed by atoms with Crippen molar-refractivity contribution in [2.45, 2.75) is 12.8 Å². The lowest BCUT2D eigenvalue weighted by atomic mass is 9.97. The summed E-state index contributed by atoms with van der Waals surface area (Å²) in [5.74, 6) is 1.87. The molecule has 1 atom stereocenters. The number of hydrogen-bond acceptors (Lipinski definition) is 4. The molecule has 110 valence electrons. The largest absolute Gasteiger partial charge is 0.379 e. The first-order valence-electron chi connectivity index (χ1n) is 7.48. The molecule has 4 nitrogen and oxygen atoms in total. The average Bonchev–Trinajstić information content (AvgIpc) is 2.49. The minimum Gasteiger partial charge on any atom is -0.379 e. The van der Waals surface area contributed by atoms with Gasteiger partial charge in [0.15, 0.2) is 0 Å². The first-order valence-corrected chi connectivity index (χ1v) is 8.27. The lowest BCUT2D eigenvalue weighted by Gasteiger charge is -2.37. The second kappa shape index (κ2) is 6.87. The topological polar surface area (TPSA) is 28.6 Å². The molecule has 0 aliphatic carbocycles. The fourth-order valence-electron chi connectivity index (χ4n) is 3.13. The van der Waals surface area contributed by atoms with Gasteiger partial charge in [0.1, 0.15) is 5.82 Å². The van der Waals surface area contributed by atoms with Crippen LogP contribution in [0, 0.1) is 5.92 Å². The Hall–Kier alpha value is -0.650. The highest BCUT2D eigenvalue weighted by Crippen LogP contribution is 2.23. The van der Waals surface area contributed by atoms with Crippen molar-refractivity contribution >= 4 is 21.7 Å². The lowest BCUT2D eigenvalue weighted by molar-refractivity contribution is 0.0296. The Bertz CT molecular complexity index is 420. The van der Waals surface area contributed by atoms with Gasteiger partial charge < -0.3 is 9.64 Å². The Labute approximate surface area is 129 Å². The molecular formula is C15H22BrN3O. The van der Waals surface area contributed by atoms with Crippen LogP contribution in [0.4, 0.5) is 5.82 Å². The van der Waals surface area contributed by atoms with Gasteiger partial charge in [-0.1, -0.05) is 0 Å². The maximum atomic E-state index is 5.42. The predicted octanol–water partition coefficient (Wildman–Crippen LogP) is 2.39. The highest BCUT2D eigenvalue weighted by atomic mass is 79.9. The highest BCUT2D eigenvalue weighted by molar-refractivity contribution is 9.10. The van der Waals surface area contributed by atoms with E-state index in [4.69, 9.17) is 4.74 Å². The fourth-order valence-corrected chi connectivity index (χ4v) is 3.36. The number of morpholine rings is 1. The van der Waals surface area contributed by atoms with E-state index >= 15 is 0 Å². The molecule has 1 unspecified atom stereocenters. The number of pyridine rings is 1. The van der Waals surface area contributed by atoms with E-state index in [2.05, 4.69) is 42.8 Å². The van der Waals surface area contributed by atoms with Crippen molar-refractivity contribution in [2.75, 3.05) is 50.8 Å². The molecule has 0 aromatic carbocycles. The van der Waals surface area contributed by atoms with Crippen LogP contribution in [-0.4, -0.2) is 55.8 Å². The second-order valence-electron chi connectivity index (χ2n) is 5.70. The summed E-state index contributed by atoms with van der Waals surface area (Å²) in [6.45, 7) is 7.44. The van der Waals surface area contributed by atoms with E-state index in [-0.39, 0.29) is 0 Å². The second-order valence-corrected chi connectivity index (χ2v) is 6.62. The number of nitrogens with zero attached hydrogens (tertiary/aromatic N) is 3. The van der Waals surface area contributed by atoms with E-state index in [0.29, 0.717) is 0 Å². The molecule has 20 heavy (non-hydrogen) atoms. The van der Waals surface area contributed by atoms with Gasteiger partial charge in [-0.15, -0.1) is 0 Å². The Balaban J connectivity index is 1.57. The van der Waals surface area contributed by atoms with Crippen molar-refractivity contribution in [3.8, 4) is 0 Å². The van der Waals surface area contributed by atoms with Gasteiger partial charge in [-0.3, -0.25) is 4.90 Å². The monoisotopic (exact) mass is 339 g/mol. The molecule has 2 aliphatic rings. The number of halogens is 1.